The van der Waals surface area contributed by atoms with Crippen LogP contribution in [0.25, 0.3) is 11.3 Å². The van der Waals surface area contributed by atoms with Gasteiger partial charge in [0.1, 0.15) is 23.0 Å². The third-order valence-corrected chi connectivity index (χ3v) is 4.80. The van der Waals surface area contributed by atoms with E-state index in [0.717, 1.165) is 5.56 Å². The SMILES string of the molecule is COc1ccc(C(=O)CCC(=O)c2ccc(C)cc2)nc1-c1ccc(F)c(Cl)c1. The first-order valence-corrected chi connectivity index (χ1v) is 9.40. The van der Waals surface area contributed by atoms with Crippen molar-refractivity contribution in [3.8, 4) is 17.0 Å². The van der Waals surface area contributed by atoms with Crippen LogP contribution in [0.3, 0.4) is 0 Å². The zero-order chi connectivity index (χ0) is 21.0. The van der Waals surface area contributed by atoms with Crippen LogP contribution in [0.4, 0.5) is 4.39 Å². The second-order valence-electron chi connectivity index (χ2n) is 6.59. The largest absolute Gasteiger partial charge is 0.494 e. The summed E-state index contributed by atoms with van der Waals surface area (Å²) in [5.74, 6) is -0.476. The van der Waals surface area contributed by atoms with E-state index in [1.807, 2.05) is 19.1 Å². The minimum atomic E-state index is -0.545. The van der Waals surface area contributed by atoms with Crippen LogP contribution >= 0.6 is 11.6 Å². The molecule has 2 aromatic carbocycles. The fourth-order valence-corrected chi connectivity index (χ4v) is 3.04. The number of nitrogens with zero attached hydrogens (tertiary/aromatic N) is 1. The van der Waals surface area contributed by atoms with Crippen LogP contribution in [-0.4, -0.2) is 23.7 Å². The third kappa shape index (κ3) is 4.87. The zero-order valence-corrected chi connectivity index (χ0v) is 16.8. The highest BCUT2D eigenvalue weighted by molar-refractivity contribution is 6.31. The lowest BCUT2D eigenvalue weighted by molar-refractivity contribution is 0.0915. The molecule has 0 spiro atoms. The summed E-state index contributed by atoms with van der Waals surface area (Å²) in [5.41, 5.74) is 2.75. The molecular weight excluding hydrogens is 393 g/mol. The smallest absolute Gasteiger partial charge is 0.181 e. The molecule has 0 bridgehead atoms. The number of methoxy groups -OCH3 is 1. The number of hydrogen-bond donors (Lipinski definition) is 0. The maximum Gasteiger partial charge on any atom is 0.181 e. The summed E-state index contributed by atoms with van der Waals surface area (Å²) in [6, 6.07) is 14.6. The van der Waals surface area contributed by atoms with Gasteiger partial charge in [0.2, 0.25) is 0 Å². The Morgan fingerprint density at radius 3 is 2.34 bits per heavy atom. The number of aromatic nitrogens is 1. The number of pyridine rings is 1. The van der Waals surface area contributed by atoms with Crippen LogP contribution in [-0.2, 0) is 0 Å². The van der Waals surface area contributed by atoms with E-state index in [1.54, 1.807) is 24.3 Å². The molecule has 0 N–H and O–H groups in total. The number of hydrogen-bond acceptors (Lipinski definition) is 4. The highest BCUT2D eigenvalue weighted by Crippen LogP contribution is 2.31. The Hall–Kier alpha value is -3.05. The average molecular weight is 412 g/mol. The molecule has 3 aromatic rings. The summed E-state index contributed by atoms with van der Waals surface area (Å²) in [6.45, 7) is 1.94. The molecule has 0 atom stereocenters. The number of carbonyl (C=O) groups is 2. The van der Waals surface area contributed by atoms with Gasteiger partial charge in [0, 0.05) is 24.0 Å². The van der Waals surface area contributed by atoms with Crippen LogP contribution in [0.5, 0.6) is 5.75 Å². The molecule has 0 aliphatic carbocycles. The van der Waals surface area contributed by atoms with Crippen molar-refractivity contribution in [3.63, 3.8) is 0 Å². The van der Waals surface area contributed by atoms with E-state index in [9.17, 15) is 14.0 Å². The molecule has 0 saturated carbocycles. The minimum absolute atomic E-state index is 0.0374. The molecule has 4 nitrogen and oxygen atoms in total. The summed E-state index contributed by atoms with van der Waals surface area (Å²) in [6.07, 6.45) is 0.128. The first kappa shape index (κ1) is 20.7. The topological polar surface area (TPSA) is 56.3 Å². The third-order valence-electron chi connectivity index (χ3n) is 4.51. The van der Waals surface area contributed by atoms with E-state index in [-0.39, 0.29) is 35.1 Å². The van der Waals surface area contributed by atoms with E-state index in [1.165, 1.54) is 25.3 Å². The number of carbonyl (C=O) groups excluding carboxylic acids is 2. The molecule has 0 amide bonds. The Morgan fingerprint density at radius 1 is 1.00 bits per heavy atom. The molecule has 0 unspecified atom stereocenters. The van der Waals surface area contributed by atoms with Crippen molar-refractivity contribution >= 4 is 23.2 Å². The standard InChI is InChI=1S/C23H19ClFNO3/c1-14-3-5-15(6-4-14)20(27)10-11-21(28)19-9-12-22(29-2)23(26-19)16-7-8-18(25)17(24)13-16/h3-9,12-13H,10-11H2,1-2H3. The maximum absolute atomic E-state index is 13.5. The molecule has 29 heavy (non-hydrogen) atoms. The first-order valence-electron chi connectivity index (χ1n) is 9.02. The van der Waals surface area contributed by atoms with Gasteiger partial charge in [0.15, 0.2) is 11.6 Å². The lowest BCUT2D eigenvalue weighted by atomic mass is 10.0. The van der Waals surface area contributed by atoms with Gasteiger partial charge in [-0.1, -0.05) is 41.4 Å². The number of benzene rings is 2. The molecule has 0 aliphatic rings. The van der Waals surface area contributed by atoms with Crippen LogP contribution in [0.2, 0.25) is 5.02 Å². The molecule has 0 aliphatic heterocycles. The Balaban J connectivity index is 1.79. The first-order chi connectivity index (χ1) is 13.9. The quantitative estimate of drug-likeness (QED) is 0.467. The van der Waals surface area contributed by atoms with Crippen molar-refractivity contribution in [1.82, 2.24) is 4.98 Å². The van der Waals surface area contributed by atoms with Gasteiger partial charge in [0.25, 0.3) is 0 Å². The summed E-state index contributed by atoms with van der Waals surface area (Å²) < 4.78 is 18.8. The maximum atomic E-state index is 13.5. The van der Waals surface area contributed by atoms with Gasteiger partial charge in [-0.3, -0.25) is 9.59 Å². The average Bonchev–Trinajstić information content (AvgIpc) is 2.73. The lowest BCUT2D eigenvalue weighted by Gasteiger charge is -2.10. The van der Waals surface area contributed by atoms with Gasteiger partial charge in [-0.2, -0.15) is 0 Å². The van der Waals surface area contributed by atoms with Gasteiger partial charge in [-0.05, 0) is 37.3 Å². The second kappa shape index (κ2) is 8.97. The molecule has 0 saturated heterocycles. The summed E-state index contributed by atoms with van der Waals surface area (Å²) in [4.78, 5) is 29.3. The van der Waals surface area contributed by atoms with E-state index in [2.05, 4.69) is 4.98 Å². The Kier molecular flexibility index (Phi) is 6.39. The minimum Gasteiger partial charge on any atom is -0.494 e. The molecule has 1 aromatic heterocycles. The lowest BCUT2D eigenvalue weighted by Crippen LogP contribution is -2.08. The van der Waals surface area contributed by atoms with Gasteiger partial charge >= 0.3 is 0 Å². The van der Waals surface area contributed by atoms with Crippen LogP contribution in [0.15, 0.2) is 54.6 Å². The number of halogens is 2. The number of Topliss-reactive ketones (excluding diaryl/α,β-unsaturated/α-hetero) is 2. The van der Waals surface area contributed by atoms with Crippen molar-refractivity contribution in [2.24, 2.45) is 0 Å². The molecule has 6 heteroatoms. The van der Waals surface area contributed by atoms with Gasteiger partial charge < -0.3 is 4.74 Å². The Morgan fingerprint density at radius 2 is 1.69 bits per heavy atom. The van der Waals surface area contributed by atoms with Gasteiger partial charge in [0.05, 0.1) is 12.1 Å². The fourth-order valence-electron chi connectivity index (χ4n) is 2.86. The van der Waals surface area contributed by atoms with Crippen molar-refractivity contribution < 1.29 is 18.7 Å². The molecule has 0 fully saturated rings. The summed E-state index contributed by atoms with van der Waals surface area (Å²) in [5, 5.41) is -0.0493. The Labute approximate surface area is 173 Å². The zero-order valence-electron chi connectivity index (χ0n) is 16.0. The second-order valence-corrected chi connectivity index (χ2v) is 7.00. The number of ether oxygens (including phenoxy) is 1. The molecule has 148 valence electrons. The van der Waals surface area contributed by atoms with Crippen molar-refractivity contribution in [2.75, 3.05) is 7.11 Å². The van der Waals surface area contributed by atoms with Crippen molar-refractivity contribution in [1.29, 1.82) is 0 Å². The Bertz CT molecular complexity index is 1060. The molecule has 1 heterocycles. The van der Waals surface area contributed by atoms with E-state index >= 15 is 0 Å². The van der Waals surface area contributed by atoms with Gasteiger partial charge in [-0.15, -0.1) is 0 Å². The van der Waals surface area contributed by atoms with Crippen molar-refractivity contribution in [2.45, 2.75) is 19.8 Å². The number of ketones is 2. The highest BCUT2D eigenvalue weighted by atomic mass is 35.5. The molecule has 0 radical (unpaired) electrons. The van der Waals surface area contributed by atoms with Crippen molar-refractivity contribution in [3.05, 3.63) is 82.3 Å². The normalized spacial score (nSPS) is 10.6. The summed E-state index contributed by atoms with van der Waals surface area (Å²) >= 11 is 5.87. The van der Waals surface area contributed by atoms with Gasteiger partial charge in [-0.25, -0.2) is 9.37 Å². The number of rotatable bonds is 7. The van der Waals surface area contributed by atoms with Crippen LogP contribution < -0.4 is 4.74 Å². The van der Waals surface area contributed by atoms with E-state index in [0.29, 0.717) is 22.6 Å². The fraction of sp³-hybridized carbons (Fsp3) is 0.174. The number of aryl methyl sites for hydroxylation is 1. The molecule has 3 rings (SSSR count). The predicted octanol–water partition coefficient (Wildman–Crippen LogP) is 5.70. The summed E-state index contributed by atoms with van der Waals surface area (Å²) in [7, 11) is 1.48. The highest BCUT2D eigenvalue weighted by Gasteiger charge is 2.16. The van der Waals surface area contributed by atoms with E-state index < -0.39 is 5.82 Å². The van der Waals surface area contributed by atoms with Crippen LogP contribution in [0, 0.1) is 12.7 Å². The van der Waals surface area contributed by atoms with Crippen LogP contribution in [0.1, 0.15) is 39.3 Å². The molecular formula is C23H19ClFNO3. The van der Waals surface area contributed by atoms with E-state index in [4.69, 9.17) is 16.3 Å². The predicted molar refractivity (Wildman–Crippen MR) is 110 cm³/mol. The monoisotopic (exact) mass is 411 g/mol.